The zero-order chi connectivity index (χ0) is 15.1. The van der Waals surface area contributed by atoms with Crippen molar-refractivity contribution in [3.05, 3.63) is 29.3 Å². The molecule has 6 heteroatoms. The Hall–Kier alpha value is -1.75. The van der Waals surface area contributed by atoms with Crippen LogP contribution in [-0.4, -0.2) is 43.0 Å². The van der Waals surface area contributed by atoms with Crippen LogP contribution < -0.4 is 10.1 Å². The largest absolute Gasteiger partial charge is 0.484 e. The summed E-state index contributed by atoms with van der Waals surface area (Å²) in [4.78, 5) is 25.0. The average Bonchev–Trinajstić information content (AvgIpc) is 2.49. The molecule has 1 saturated heterocycles. The molecule has 0 aliphatic carbocycles. The van der Waals surface area contributed by atoms with E-state index < -0.39 is 0 Å². The second kappa shape index (κ2) is 7.88. The second-order valence-corrected chi connectivity index (χ2v) is 5.37. The highest BCUT2D eigenvalue weighted by Gasteiger charge is 2.17. The summed E-state index contributed by atoms with van der Waals surface area (Å²) in [5.41, 5.74) is 0. The van der Waals surface area contributed by atoms with Crippen molar-refractivity contribution in [1.82, 2.24) is 10.2 Å². The summed E-state index contributed by atoms with van der Waals surface area (Å²) in [7, 11) is 0. The lowest BCUT2D eigenvalue weighted by Crippen LogP contribution is -2.41. The Balaban J connectivity index is 1.63. The van der Waals surface area contributed by atoms with Gasteiger partial charge < -0.3 is 15.0 Å². The van der Waals surface area contributed by atoms with Gasteiger partial charge in [-0.25, -0.2) is 0 Å². The number of benzene rings is 1. The molecule has 1 aromatic carbocycles. The van der Waals surface area contributed by atoms with E-state index in [2.05, 4.69) is 5.32 Å². The van der Waals surface area contributed by atoms with Gasteiger partial charge in [0, 0.05) is 31.1 Å². The molecule has 0 radical (unpaired) electrons. The SMILES string of the molecule is O=C(COc1ccc(Cl)cc1)NCCN1CCCCC1=O. The minimum atomic E-state index is -0.200. The third kappa shape index (κ3) is 5.27. The maximum Gasteiger partial charge on any atom is 0.258 e. The predicted molar refractivity (Wildman–Crippen MR) is 80.4 cm³/mol. The number of piperidine rings is 1. The van der Waals surface area contributed by atoms with Crippen molar-refractivity contribution in [3.63, 3.8) is 0 Å². The number of amides is 2. The van der Waals surface area contributed by atoms with Crippen LogP contribution in [0, 0.1) is 0 Å². The first-order valence-corrected chi connectivity index (χ1v) is 7.46. The van der Waals surface area contributed by atoms with Gasteiger partial charge in [0.05, 0.1) is 0 Å². The van der Waals surface area contributed by atoms with E-state index in [0.717, 1.165) is 19.4 Å². The number of carbonyl (C=O) groups is 2. The first-order chi connectivity index (χ1) is 10.1. The first-order valence-electron chi connectivity index (χ1n) is 7.08. The monoisotopic (exact) mass is 310 g/mol. The van der Waals surface area contributed by atoms with Crippen LogP contribution >= 0.6 is 11.6 Å². The van der Waals surface area contributed by atoms with E-state index in [-0.39, 0.29) is 18.4 Å². The van der Waals surface area contributed by atoms with Gasteiger partial charge in [0.15, 0.2) is 6.61 Å². The van der Waals surface area contributed by atoms with Crippen LogP contribution in [0.5, 0.6) is 5.75 Å². The minimum absolute atomic E-state index is 0.0461. The van der Waals surface area contributed by atoms with Crippen molar-refractivity contribution in [2.75, 3.05) is 26.2 Å². The summed E-state index contributed by atoms with van der Waals surface area (Å²) < 4.78 is 5.34. The van der Waals surface area contributed by atoms with Crippen molar-refractivity contribution >= 4 is 23.4 Å². The molecule has 2 rings (SSSR count). The molecule has 1 fully saturated rings. The van der Waals surface area contributed by atoms with E-state index in [1.807, 2.05) is 0 Å². The lowest BCUT2D eigenvalue weighted by molar-refractivity contribution is -0.133. The standard InChI is InChI=1S/C15H19ClN2O3/c16-12-4-6-13(7-5-12)21-11-14(19)17-8-10-18-9-2-1-3-15(18)20/h4-7H,1-3,8-11H2,(H,17,19). The van der Waals surface area contributed by atoms with E-state index in [1.165, 1.54) is 0 Å². The highest BCUT2D eigenvalue weighted by Crippen LogP contribution is 2.15. The van der Waals surface area contributed by atoms with Gasteiger partial charge in [-0.2, -0.15) is 0 Å². The third-order valence-corrected chi connectivity index (χ3v) is 3.56. The number of rotatable bonds is 6. The molecule has 1 aliphatic rings. The normalized spacial score (nSPS) is 14.9. The molecule has 1 N–H and O–H groups in total. The van der Waals surface area contributed by atoms with Gasteiger partial charge in [0.2, 0.25) is 5.91 Å². The maximum atomic E-state index is 11.6. The number of nitrogens with zero attached hydrogens (tertiary/aromatic N) is 1. The van der Waals surface area contributed by atoms with Gasteiger partial charge >= 0.3 is 0 Å². The fourth-order valence-corrected chi connectivity index (χ4v) is 2.29. The summed E-state index contributed by atoms with van der Waals surface area (Å²) in [6.07, 6.45) is 2.63. The van der Waals surface area contributed by atoms with E-state index >= 15 is 0 Å². The zero-order valence-corrected chi connectivity index (χ0v) is 12.6. The molecule has 0 atom stereocenters. The van der Waals surface area contributed by atoms with Crippen molar-refractivity contribution in [2.24, 2.45) is 0 Å². The van der Waals surface area contributed by atoms with Crippen molar-refractivity contribution in [1.29, 1.82) is 0 Å². The summed E-state index contributed by atoms with van der Waals surface area (Å²) in [5.74, 6) is 0.572. The quantitative estimate of drug-likeness (QED) is 0.872. The number of halogens is 1. The Labute approximate surface area is 129 Å². The molecule has 0 saturated carbocycles. The van der Waals surface area contributed by atoms with E-state index in [4.69, 9.17) is 16.3 Å². The van der Waals surface area contributed by atoms with Gasteiger partial charge in [0.25, 0.3) is 5.91 Å². The van der Waals surface area contributed by atoms with Crippen molar-refractivity contribution in [2.45, 2.75) is 19.3 Å². The van der Waals surface area contributed by atoms with Gasteiger partial charge in [-0.05, 0) is 37.1 Å². The second-order valence-electron chi connectivity index (χ2n) is 4.93. The number of nitrogens with one attached hydrogen (secondary N) is 1. The van der Waals surface area contributed by atoms with Crippen molar-refractivity contribution in [3.8, 4) is 5.75 Å². The van der Waals surface area contributed by atoms with Crippen LogP contribution in [0.3, 0.4) is 0 Å². The summed E-state index contributed by atoms with van der Waals surface area (Å²) >= 11 is 5.76. The molecule has 114 valence electrons. The van der Waals surface area contributed by atoms with Gasteiger partial charge in [-0.3, -0.25) is 9.59 Å². The molecule has 0 aromatic heterocycles. The Morgan fingerprint density at radius 2 is 2.05 bits per heavy atom. The summed E-state index contributed by atoms with van der Waals surface area (Å²) in [6.45, 7) is 1.76. The first kappa shape index (κ1) is 15.6. The lowest BCUT2D eigenvalue weighted by Gasteiger charge is -2.26. The van der Waals surface area contributed by atoms with Crippen LogP contribution in [0.1, 0.15) is 19.3 Å². The highest BCUT2D eigenvalue weighted by atomic mass is 35.5. The molecule has 1 heterocycles. The molecule has 1 aromatic rings. The van der Waals surface area contributed by atoms with Gasteiger partial charge in [-0.15, -0.1) is 0 Å². The van der Waals surface area contributed by atoms with Gasteiger partial charge in [-0.1, -0.05) is 11.6 Å². The zero-order valence-electron chi connectivity index (χ0n) is 11.8. The Morgan fingerprint density at radius 3 is 2.76 bits per heavy atom. The van der Waals surface area contributed by atoms with E-state index in [9.17, 15) is 9.59 Å². The van der Waals surface area contributed by atoms with Gasteiger partial charge in [0.1, 0.15) is 5.75 Å². The molecule has 0 unspecified atom stereocenters. The Kier molecular flexibility index (Phi) is 5.87. The van der Waals surface area contributed by atoms with Crippen LogP contribution in [-0.2, 0) is 9.59 Å². The lowest BCUT2D eigenvalue weighted by atomic mass is 10.1. The van der Waals surface area contributed by atoms with Crippen LogP contribution in [0.2, 0.25) is 5.02 Å². The molecule has 21 heavy (non-hydrogen) atoms. The van der Waals surface area contributed by atoms with Crippen LogP contribution in [0.15, 0.2) is 24.3 Å². The van der Waals surface area contributed by atoms with Crippen molar-refractivity contribution < 1.29 is 14.3 Å². The smallest absolute Gasteiger partial charge is 0.258 e. The molecular weight excluding hydrogens is 292 g/mol. The van der Waals surface area contributed by atoms with E-state index in [0.29, 0.717) is 30.3 Å². The fourth-order valence-electron chi connectivity index (χ4n) is 2.16. The Bertz CT molecular complexity index is 490. The Morgan fingerprint density at radius 1 is 1.29 bits per heavy atom. The molecular formula is C15H19ClN2O3. The van der Waals surface area contributed by atoms with Crippen LogP contribution in [0.4, 0.5) is 0 Å². The topological polar surface area (TPSA) is 58.6 Å². The summed E-state index contributed by atoms with van der Waals surface area (Å²) in [5, 5.41) is 3.37. The average molecular weight is 311 g/mol. The van der Waals surface area contributed by atoms with E-state index in [1.54, 1.807) is 29.2 Å². The fraction of sp³-hybridized carbons (Fsp3) is 0.467. The predicted octanol–water partition coefficient (Wildman–Crippen LogP) is 1.85. The molecule has 0 spiro atoms. The number of likely N-dealkylation sites (tertiary alicyclic amines) is 1. The molecule has 1 aliphatic heterocycles. The highest BCUT2D eigenvalue weighted by molar-refractivity contribution is 6.30. The molecule has 5 nitrogen and oxygen atoms in total. The minimum Gasteiger partial charge on any atom is -0.484 e. The number of ether oxygens (including phenoxy) is 1. The third-order valence-electron chi connectivity index (χ3n) is 3.31. The number of carbonyl (C=O) groups excluding carboxylic acids is 2. The molecule has 0 bridgehead atoms. The molecule has 2 amide bonds. The maximum absolute atomic E-state index is 11.6. The summed E-state index contributed by atoms with van der Waals surface area (Å²) in [6, 6.07) is 6.83. The van der Waals surface area contributed by atoms with Crippen LogP contribution in [0.25, 0.3) is 0 Å². The number of hydrogen-bond donors (Lipinski definition) is 1. The number of hydrogen-bond acceptors (Lipinski definition) is 3.